The minimum atomic E-state index is -0.506. The number of benzene rings is 1. The Balaban J connectivity index is 1.68. The second-order valence-electron chi connectivity index (χ2n) is 5.36. The molecule has 110 valence electrons. The van der Waals surface area contributed by atoms with Gasteiger partial charge in [0.1, 0.15) is 6.04 Å². The van der Waals surface area contributed by atoms with E-state index in [1.165, 1.54) is 0 Å². The first kappa shape index (κ1) is 13.6. The Kier molecular flexibility index (Phi) is 3.60. The lowest BCUT2D eigenvalue weighted by Gasteiger charge is -2.21. The molecule has 0 radical (unpaired) electrons. The summed E-state index contributed by atoms with van der Waals surface area (Å²) in [7, 11) is 0. The van der Waals surface area contributed by atoms with Gasteiger partial charge in [0.05, 0.1) is 17.4 Å². The summed E-state index contributed by atoms with van der Waals surface area (Å²) in [5.74, 6) is -0.255. The van der Waals surface area contributed by atoms with Gasteiger partial charge in [-0.25, -0.2) is 4.98 Å². The van der Waals surface area contributed by atoms with Gasteiger partial charge in [-0.3, -0.25) is 9.59 Å². The maximum Gasteiger partial charge on any atom is 0.251 e. The van der Waals surface area contributed by atoms with Gasteiger partial charge >= 0.3 is 0 Å². The molecule has 1 atom stereocenters. The molecule has 0 saturated carbocycles. The van der Waals surface area contributed by atoms with Crippen LogP contribution in [-0.4, -0.2) is 45.8 Å². The number of fused-ring (bicyclic) bond motifs is 1. The lowest BCUT2D eigenvalue weighted by molar-refractivity contribution is -0.131. The Morgan fingerprint density at radius 2 is 2.10 bits per heavy atom. The summed E-state index contributed by atoms with van der Waals surface area (Å²) in [6.07, 6.45) is 3.68. The summed E-state index contributed by atoms with van der Waals surface area (Å²) in [6.45, 7) is 3.31. The lowest BCUT2D eigenvalue weighted by Crippen LogP contribution is -2.45. The van der Waals surface area contributed by atoms with Crippen molar-refractivity contribution in [2.75, 3.05) is 13.1 Å². The SMILES string of the molecule is CC(NC(=O)c1ccc2nc[nH]c2c1)C(=O)N1CCCC1. The molecule has 2 aromatic rings. The summed E-state index contributed by atoms with van der Waals surface area (Å²) in [4.78, 5) is 33.3. The van der Waals surface area contributed by atoms with Crippen LogP contribution in [0.25, 0.3) is 11.0 Å². The molecule has 6 nitrogen and oxygen atoms in total. The van der Waals surface area contributed by atoms with E-state index in [1.54, 1.807) is 31.5 Å². The zero-order valence-electron chi connectivity index (χ0n) is 11.9. The van der Waals surface area contributed by atoms with Crippen LogP contribution in [0.5, 0.6) is 0 Å². The Morgan fingerprint density at radius 1 is 1.33 bits per heavy atom. The number of rotatable bonds is 3. The summed E-state index contributed by atoms with van der Waals surface area (Å²) in [5.41, 5.74) is 2.14. The number of nitrogens with one attached hydrogen (secondary N) is 2. The predicted molar refractivity (Wildman–Crippen MR) is 78.8 cm³/mol. The van der Waals surface area contributed by atoms with Crippen LogP contribution >= 0.6 is 0 Å². The summed E-state index contributed by atoms with van der Waals surface area (Å²) in [6, 6.07) is 4.73. The Bertz CT molecular complexity index is 673. The normalized spacial score (nSPS) is 16.1. The van der Waals surface area contributed by atoms with E-state index in [2.05, 4.69) is 15.3 Å². The van der Waals surface area contributed by atoms with Crippen molar-refractivity contribution in [1.29, 1.82) is 0 Å². The van der Waals surface area contributed by atoms with Crippen molar-refractivity contribution in [3.05, 3.63) is 30.1 Å². The average Bonchev–Trinajstić information content (AvgIpc) is 3.16. The molecule has 0 aliphatic carbocycles. The van der Waals surface area contributed by atoms with Crippen molar-refractivity contribution >= 4 is 22.8 Å². The second-order valence-corrected chi connectivity index (χ2v) is 5.36. The summed E-state index contributed by atoms with van der Waals surface area (Å²) >= 11 is 0. The molecule has 1 unspecified atom stereocenters. The lowest BCUT2D eigenvalue weighted by atomic mass is 10.1. The number of hydrogen-bond donors (Lipinski definition) is 2. The van der Waals surface area contributed by atoms with Gasteiger partial charge in [0.15, 0.2) is 0 Å². The third-order valence-electron chi connectivity index (χ3n) is 3.82. The highest BCUT2D eigenvalue weighted by Crippen LogP contribution is 2.12. The number of nitrogens with zero attached hydrogens (tertiary/aromatic N) is 2. The molecule has 1 aliphatic rings. The van der Waals surface area contributed by atoms with Crippen LogP contribution in [0.1, 0.15) is 30.1 Å². The maximum absolute atomic E-state index is 12.2. The minimum absolute atomic E-state index is 0.0107. The number of hydrogen-bond acceptors (Lipinski definition) is 3. The van der Waals surface area contributed by atoms with E-state index in [9.17, 15) is 9.59 Å². The standard InChI is InChI=1S/C15H18N4O2/c1-10(15(21)19-6-2-3-7-19)18-14(20)11-4-5-12-13(8-11)17-9-16-12/h4-5,8-10H,2-3,6-7H2,1H3,(H,16,17)(H,18,20). The van der Waals surface area contributed by atoms with E-state index in [0.717, 1.165) is 37.0 Å². The van der Waals surface area contributed by atoms with E-state index in [1.807, 2.05) is 4.90 Å². The van der Waals surface area contributed by atoms with E-state index in [0.29, 0.717) is 5.56 Å². The Labute approximate surface area is 122 Å². The summed E-state index contributed by atoms with van der Waals surface area (Å²) < 4.78 is 0. The van der Waals surface area contributed by atoms with Crippen LogP contribution in [0.2, 0.25) is 0 Å². The Hall–Kier alpha value is -2.37. The molecule has 3 rings (SSSR count). The van der Waals surface area contributed by atoms with Crippen LogP contribution in [0, 0.1) is 0 Å². The molecule has 0 spiro atoms. The first-order valence-electron chi connectivity index (χ1n) is 7.18. The van der Waals surface area contributed by atoms with Crippen molar-refractivity contribution in [2.45, 2.75) is 25.8 Å². The van der Waals surface area contributed by atoms with Crippen LogP contribution in [0.15, 0.2) is 24.5 Å². The zero-order chi connectivity index (χ0) is 14.8. The fourth-order valence-electron chi connectivity index (χ4n) is 2.63. The average molecular weight is 286 g/mol. The third-order valence-corrected chi connectivity index (χ3v) is 3.82. The number of aromatic amines is 1. The van der Waals surface area contributed by atoms with Gasteiger partial charge in [0, 0.05) is 18.7 Å². The van der Waals surface area contributed by atoms with Gasteiger partial charge in [-0.1, -0.05) is 0 Å². The van der Waals surface area contributed by atoms with E-state index in [4.69, 9.17) is 0 Å². The molecule has 0 bridgehead atoms. The third kappa shape index (κ3) is 2.74. The smallest absolute Gasteiger partial charge is 0.251 e. The highest BCUT2D eigenvalue weighted by molar-refractivity contribution is 5.99. The molecule has 21 heavy (non-hydrogen) atoms. The number of carbonyl (C=O) groups excluding carboxylic acids is 2. The van der Waals surface area contributed by atoms with Crippen molar-refractivity contribution in [2.24, 2.45) is 0 Å². The van der Waals surface area contributed by atoms with Gasteiger partial charge in [0.25, 0.3) is 5.91 Å². The fraction of sp³-hybridized carbons (Fsp3) is 0.400. The molecular weight excluding hydrogens is 268 g/mol. The topological polar surface area (TPSA) is 78.1 Å². The number of H-pyrrole nitrogens is 1. The highest BCUT2D eigenvalue weighted by atomic mass is 16.2. The van der Waals surface area contributed by atoms with Gasteiger partial charge in [-0.15, -0.1) is 0 Å². The number of likely N-dealkylation sites (tertiary alicyclic amines) is 1. The maximum atomic E-state index is 12.2. The monoisotopic (exact) mass is 286 g/mol. The molecule has 1 aromatic heterocycles. The zero-order valence-corrected chi connectivity index (χ0v) is 11.9. The molecule has 1 saturated heterocycles. The highest BCUT2D eigenvalue weighted by Gasteiger charge is 2.24. The van der Waals surface area contributed by atoms with Crippen LogP contribution in [-0.2, 0) is 4.79 Å². The number of amides is 2. The summed E-state index contributed by atoms with van der Waals surface area (Å²) in [5, 5.41) is 2.77. The molecule has 2 N–H and O–H groups in total. The predicted octanol–water partition coefficient (Wildman–Crippen LogP) is 1.30. The van der Waals surface area contributed by atoms with Crippen LogP contribution < -0.4 is 5.32 Å². The first-order valence-corrected chi connectivity index (χ1v) is 7.18. The molecule has 1 aromatic carbocycles. The van der Waals surface area contributed by atoms with Crippen LogP contribution in [0.4, 0.5) is 0 Å². The van der Waals surface area contributed by atoms with E-state index in [-0.39, 0.29) is 11.8 Å². The van der Waals surface area contributed by atoms with Crippen molar-refractivity contribution < 1.29 is 9.59 Å². The fourth-order valence-corrected chi connectivity index (χ4v) is 2.63. The Morgan fingerprint density at radius 3 is 2.86 bits per heavy atom. The number of aromatic nitrogens is 2. The quantitative estimate of drug-likeness (QED) is 0.893. The largest absolute Gasteiger partial charge is 0.345 e. The number of imidazole rings is 1. The van der Waals surface area contributed by atoms with Gasteiger partial charge in [-0.2, -0.15) is 0 Å². The van der Waals surface area contributed by atoms with Crippen molar-refractivity contribution in [1.82, 2.24) is 20.2 Å². The van der Waals surface area contributed by atoms with Crippen molar-refractivity contribution in [3.63, 3.8) is 0 Å². The van der Waals surface area contributed by atoms with Crippen molar-refractivity contribution in [3.8, 4) is 0 Å². The van der Waals surface area contributed by atoms with Gasteiger partial charge < -0.3 is 15.2 Å². The van der Waals surface area contributed by atoms with E-state index < -0.39 is 6.04 Å². The first-order chi connectivity index (χ1) is 10.1. The van der Waals surface area contributed by atoms with E-state index >= 15 is 0 Å². The number of carbonyl (C=O) groups is 2. The molecular formula is C15H18N4O2. The molecule has 2 heterocycles. The van der Waals surface area contributed by atoms with Gasteiger partial charge in [-0.05, 0) is 38.0 Å². The minimum Gasteiger partial charge on any atom is -0.345 e. The second kappa shape index (κ2) is 5.55. The molecule has 6 heteroatoms. The molecule has 1 fully saturated rings. The molecule has 1 aliphatic heterocycles. The van der Waals surface area contributed by atoms with Crippen LogP contribution in [0.3, 0.4) is 0 Å². The molecule has 2 amide bonds. The van der Waals surface area contributed by atoms with Gasteiger partial charge in [0.2, 0.25) is 5.91 Å².